The van der Waals surface area contributed by atoms with E-state index in [1.54, 1.807) is 6.08 Å². The smallest absolute Gasteiger partial charge is 0.157 e. The number of carbonyl (C=O) groups excluding carboxylic acids is 1. The van der Waals surface area contributed by atoms with E-state index in [9.17, 15) is 4.79 Å². The molecule has 1 aromatic carbocycles. The molecule has 0 bridgehead atoms. The summed E-state index contributed by atoms with van der Waals surface area (Å²) in [6.07, 6.45) is 5.19. The molecule has 90 valence electrons. The van der Waals surface area contributed by atoms with E-state index in [-0.39, 0.29) is 5.78 Å². The van der Waals surface area contributed by atoms with Crippen LogP contribution in [0.1, 0.15) is 31.7 Å². The number of carbonyl (C=O) groups is 1. The topological polar surface area (TPSA) is 29.1 Å². The van der Waals surface area contributed by atoms with Gasteiger partial charge in [0.05, 0.1) is 0 Å². The Labute approximate surface area is 107 Å². The van der Waals surface area contributed by atoms with Gasteiger partial charge < -0.3 is 5.32 Å². The normalized spacial score (nSPS) is 15.6. The minimum absolute atomic E-state index is 0.214. The lowest BCUT2D eigenvalue weighted by Gasteiger charge is -2.17. The van der Waals surface area contributed by atoms with E-state index in [1.165, 1.54) is 5.56 Å². The molecule has 1 N–H and O–H groups in total. The Morgan fingerprint density at radius 2 is 2.18 bits per heavy atom. The van der Waals surface area contributed by atoms with Crippen LogP contribution in [0.15, 0.2) is 30.0 Å². The summed E-state index contributed by atoms with van der Waals surface area (Å²) in [6, 6.07) is 5.81. The average molecular weight is 250 g/mol. The molecular formula is C14H16ClNO. The molecule has 0 aliphatic heterocycles. The first-order valence-electron chi connectivity index (χ1n) is 5.98. The predicted molar refractivity (Wildman–Crippen MR) is 71.4 cm³/mol. The molecule has 2 rings (SSSR count). The maximum absolute atomic E-state index is 11.3. The maximum Gasteiger partial charge on any atom is 0.157 e. The first-order chi connectivity index (χ1) is 8.19. The van der Waals surface area contributed by atoms with E-state index in [0.717, 1.165) is 35.7 Å². The molecule has 1 aliphatic rings. The largest absolute Gasteiger partial charge is 0.359 e. The van der Waals surface area contributed by atoms with Gasteiger partial charge in [-0.1, -0.05) is 18.5 Å². The number of hydrogen-bond donors (Lipinski definition) is 1. The summed E-state index contributed by atoms with van der Waals surface area (Å²) < 4.78 is 0. The number of allylic oxidation sites excluding steroid dienone is 2. The van der Waals surface area contributed by atoms with Gasteiger partial charge in [0.2, 0.25) is 0 Å². The van der Waals surface area contributed by atoms with Crippen LogP contribution in [0.5, 0.6) is 0 Å². The van der Waals surface area contributed by atoms with Crippen molar-refractivity contribution in [3.05, 3.63) is 40.6 Å². The Balaban J connectivity index is 2.21. The standard InChI is InChI=1S/C14H16ClNO/c1-2-10-8-11(15)6-7-14(10)16-12-4-3-5-13(17)9-12/h6-9,16H,2-5H2,1H3. The Morgan fingerprint density at radius 1 is 1.35 bits per heavy atom. The van der Waals surface area contributed by atoms with Gasteiger partial charge in [0, 0.05) is 28.9 Å². The summed E-state index contributed by atoms with van der Waals surface area (Å²) in [6.45, 7) is 2.09. The van der Waals surface area contributed by atoms with Crippen molar-refractivity contribution in [2.75, 3.05) is 5.32 Å². The molecule has 2 nitrogen and oxygen atoms in total. The molecule has 0 aromatic heterocycles. The number of benzene rings is 1. The third-order valence-electron chi connectivity index (χ3n) is 2.95. The summed E-state index contributed by atoms with van der Waals surface area (Å²) in [5, 5.41) is 4.09. The average Bonchev–Trinajstić information content (AvgIpc) is 2.31. The zero-order chi connectivity index (χ0) is 12.3. The molecule has 17 heavy (non-hydrogen) atoms. The first kappa shape index (κ1) is 12.2. The number of halogens is 1. The van der Waals surface area contributed by atoms with Gasteiger partial charge in [-0.2, -0.15) is 0 Å². The molecule has 3 heteroatoms. The van der Waals surface area contributed by atoms with Crippen molar-refractivity contribution in [3.63, 3.8) is 0 Å². The molecule has 0 heterocycles. The maximum atomic E-state index is 11.3. The highest BCUT2D eigenvalue weighted by molar-refractivity contribution is 6.30. The first-order valence-corrected chi connectivity index (χ1v) is 6.35. The highest BCUT2D eigenvalue weighted by atomic mass is 35.5. The lowest BCUT2D eigenvalue weighted by Crippen LogP contribution is -2.10. The van der Waals surface area contributed by atoms with Crippen molar-refractivity contribution in [1.29, 1.82) is 0 Å². The minimum atomic E-state index is 0.214. The second-order valence-corrected chi connectivity index (χ2v) is 4.71. The monoisotopic (exact) mass is 249 g/mol. The molecule has 0 saturated heterocycles. The third kappa shape index (κ3) is 3.10. The number of rotatable bonds is 3. The van der Waals surface area contributed by atoms with Crippen molar-refractivity contribution in [1.82, 2.24) is 0 Å². The molecule has 0 radical (unpaired) electrons. The lowest BCUT2D eigenvalue weighted by atomic mass is 10.0. The summed E-state index contributed by atoms with van der Waals surface area (Å²) in [4.78, 5) is 11.3. The molecule has 0 fully saturated rings. The summed E-state index contributed by atoms with van der Waals surface area (Å²) in [5.74, 6) is 0.214. The van der Waals surface area contributed by atoms with Gasteiger partial charge in [0.25, 0.3) is 0 Å². The fraction of sp³-hybridized carbons (Fsp3) is 0.357. The number of aryl methyl sites for hydroxylation is 1. The van der Waals surface area contributed by atoms with Crippen LogP contribution in [0.2, 0.25) is 5.02 Å². The summed E-state index contributed by atoms with van der Waals surface area (Å²) in [7, 11) is 0. The summed E-state index contributed by atoms with van der Waals surface area (Å²) >= 11 is 5.97. The highest BCUT2D eigenvalue weighted by Gasteiger charge is 2.11. The minimum Gasteiger partial charge on any atom is -0.359 e. The van der Waals surface area contributed by atoms with Gasteiger partial charge in [-0.05, 0) is 43.0 Å². The van der Waals surface area contributed by atoms with E-state index in [1.807, 2.05) is 18.2 Å². The molecule has 0 amide bonds. The van der Waals surface area contributed by atoms with Crippen molar-refractivity contribution >= 4 is 23.1 Å². The van der Waals surface area contributed by atoms with Crippen molar-refractivity contribution in [3.8, 4) is 0 Å². The SMILES string of the molecule is CCc1cc(Cl)ccc1NC1=CC(=O)CCC1. The summed E-state index contributed by atoms with van der Waals surface area (Å²) in [5.41, 5.74) is 3.24. The van der Waals surface area contributed by atoms with Gasteiger partial charge in [-0.15, -0.1) is 0 Å². The van der Waals surface area contributed by atoms with Gasteiger partial charge >= 0.3 is 0 Å². The van der Waals surface area contributed by atoms with Crippen LogP contribution in [0.4, 0.5) is 5.69 Å². The lowest BCUT2D eigenvalue weighted by molar-refractivity contribution is -0.115. The molecule has 0 atom stereocenters. The van der Waals surface area contributed by atoms with Gasteiger partial charge in [0.15, 0.2) is 5.78 Å². The van der Waals surface area contributed by atoms with E-state index >= 15 is 0 Å². The van der Waals surface area contributed by atoms with Crippen LogP contribution in [-0.2, 0) is 11.2 Å². The van der Waals surface area contributed by atoms with Crippen LogP contribution in [0.25, 0.3) is 0 Å². The molecule has 0 saturated carbocycles. The fourth-order valence-corrected chi connectivity index (χ4v) is 2.23. The van der Waals surface area contributed by atoms with Crippen molar-refractivity contribution in [2.45, 2.75) is 32.6 Å². The van der Waals surface area contributed by atoms with Crippen LogP contribution >= 0.6 is 11.6 Å². The fourth-order valence-electron chi connectivity index (χ4n) is 2.04. The zero-order valence-corrected chi connectivity index (χ0v) is 10.7. The zero-order valence-electron chi connectivity index (χ0n) is 9.92. The second-order valence-electron chi connectivity index (χ2n) is 4.27. The Kier molecular flexibility index (Phi) is 3.85. The number of anilines is 1. The van der Waals surface area contributed by atoms with Gasteiger partial charge in [0.1, 0.15) is 0 Å². The number of hydrogen-bond acceptors (Lipinski definition) is 2. The van der Waals surface area contributed by atoms with Crippen LogP contribution in [0.3, 0.4) is 0 Å². The number of nitrogens with one attached hydrogen (secondary N) is 1. The van der Waals surface area contributed by atoms with Crippen LogP contribution in [0, 0.1) is 0 Å². The Morgan fingerprint density at radius 3 is 2.88 bits per heavy atom. The molecule has 1 aliphatic carbocycles. The van der Waals surface area contributed by atoms with E-state index in [4.69, 9.17) is 11.6 Å². The van der Waals surface area contributed by atoms with Crippen molar-refractivity contribution in [2.24, 2.45) is 0 Å². The van der Waals surface area contributed by atoms with Gasteiger partial charge in [-0.3, -0.25) is 4.79 Å². The van der Waals surface area contributed by atoms with E-state index < -0.39 is 0 Å². The van der Waals surface area contributed by atoms with Gasteiger partial charge in [-0.25, -0.2) is 0 Å². The number of ketones is 1. The van der Waals surface area contributed by atoms with Crippen LogP contribution < -0.4 is 5.32 Å². The third-order valence-corrected chi connectivity index (χ3v) is 3.18. The highest BCUT2D eigenvalue weighted by Crippen LogP contribution is 2.25. The molecule has 0 unspecified atom stereocenters. The van der Waals surface area contributed by atoms with Crippen molar-refractivity contribution < 1.29 is 4.79 Å². The molecule has 1 aromatic rings. The van der Waals surface area contributed by atoms with E-state index in [0.29, 0.717) is 6.42 Å². The van der Waals surface area contributed by atoms with E-state index in [2.05, 4.69) is 12.2 Å². The molecular weight excluding hydrogens is 234 g/mol. The van der Waals surface area contributed by atoms with Crippen LogP contribution in [-0.4, -0.2) is 5.78 Å². The quantitative estimate of drug-likeness (QED) is 0.879. The second kappa shape index (κ2) is 5.37. The Hall–Kier alpha value is -1.28. The molecule has 0 spiro atoms. The predicted octanol–water partition coefficient (Wildman–Crippen LogP) is 3.95. The Bertz CT molecular complexity index is 465.